The number of pyridine rings is 1. The molecule has 0 aliphatic carbocycles. The first-order chi connectivity index (χ1) is 20.0. The van der Waals surface area contributed by atoms with Gasteiger partial charge in [0.2, 0.25) is 21.9 Å². The van der Waals surface area contributed by atoms with Gasteiger partial charge in [-0.3, -0.25) is 4.72 Å². The summed E-state index contributed by atoms with van der Waals surface area (Å²) < 4.78 is 71.5. The number of fused-ring (bicyclic) bond motifs is 1. The maximum Gasteiger partial charge on any atom is 0.390 e. The Balaban J connectivity index is 1.44. The van der Waals surface area contributed by atoms with Crippen LogP contribution in [-0.2, 0) is 10.0 Å². The van der Waals surface area contributed by atoms with Crippen LogP contribution in [0.1, 0.15) is 25.3 Å². The lowest BCUT2D eigenvalue weighted by Gasteiger charge is -2.28. The SMILES string of the molecule is Cc1ccc2c(NS(=O)(=O)CCC(F)(F)F)cccc2c1Oc1ncccc1-c1ccnc(N[C@@H]2CNC[C@H](C)C2)n1. The standard InChI is InChI=1S/C29H31F3N6O3S/c1-18-15-20(17-33-16-18)36-28-35-13-10-24(37-28)23-6-4-12-34-27(23)41-26-19(2)8-9-21-22(26)5-3-7-25(21)38-42(39,40)14-11-29(30,31)32/h3-10,12-13,18,20,33,38H,11,14-17H2,1-2H3,(H,35,36,37)/t18-,20+/m1/s1. The highest BCUT2D eigenvalue weighted by atomic mass is 32.2. The monoisotopic (exact) mass is 600 g/mol. The van der Waals surface area contributed by atoms with Crippen LogP contribution in [0.5, 0.6) is 11.6 Å². The van der Waals surface area contributed by atoms with Gasteiger partial charge in [-0.1, -0.05) is 31.2 Å². The molecule has 1 aliphatic rings. The van der Waals surface area contributed by atoms with Crippen LogP contribution in [0.25, 0.3) is 22.0 Å². The molecule has 13 heteroatoms. The number of nitrogens with one attached hydrogen (secondary N) is 3. The Morgan fingerprint density at radius 1 is 1.02 bits per heavy atom. The number of sulfonamides is 1. The molecule has 0 radical (unpaired) electrons. The van der Waals surface area contributed by atoms with Crippen molar-refractivity contribution >= 4 is 32.4 Å². The zero-order chi connectivity index (χ0) is 29.9. The van der Waals surface area contributed by atoms with Crippen molar-refractivity contribution in [3.05, 3.63) is 66.5 Å². The molecular weight excluding hydrogens is 569 g/mol. The van der Waals surface area contributed by atoms with Crippen LogP contribution < -0.4 is 20.1 Å². The number of alkyl halides is 3. The van der Waals surface area contributed by atoms with E-state index in [0.717, 1.165) is 25.1 Å². The molecule has 0 bridgehead atoms. The number of ether oxygens (including phenoxy) is 1. The van der Waals surface area contributed by atoms with Crippen LogP contribution >= 0.6 is 0 Å². The predicted molar refractivity (Wildman–Crippen MR) is 156 cm³/mol. The van der Waals surface area contributed by atoms with Crippen molar-refractivity contribution in [2.45, 2.75) is 38.9 Å². The van der Waals surface area contributed by atoms with Gasteiger partial charge in [0.25, 0.3) is 0 Å². The Hall–Kier alpha value is -3.97. The maximum atomic E-state index is 12.7. The Morgan fingerprint density at radius 3 is 2.64 bits per heavy atom. The minimum atomic E-state index is -4.59. The summed E-state index contributed by atoms with van der Waals surface area (Å²) in [5, 5.41) is 7.84. The summed E-state index contributed by atoms with van der Waals surface area (Å²) >= 11 is 0. The minimum Gasteiger partial charge on any atom is -0.437 e. The van der Waals surface area contributed by atoms with Crippen LogP contribution in [-0.4, -0.2) is 54.4 Å². The van der Waals surface area contributed by atoms with Crippen LogP contribution in [0.2, 0.25) is 0 Å². The van der Waals surface area contributed by atoms with Gasteiger partial charge in [0.1, 0.15) is 5.75 Å². The first-order valence-electron chi connectivity index (χ1n) is 13.5. The molecular formula is C29H31F3N6O3S. The van der Waals surface area contributed by atoms with Crippen molar-refractivity contribution in [1.82, 2.24) is 20.3 Å². The molecule has 222 valence electrons. The molecule has 0 spiro atoms. The lowest BCUT2D eigenvalue weighted by molar-refractivity contribution is -0.129. The Kier molecular flexibility index (Phi) is 8.50. The highest BCUT2D eigenvalue weighted by Gasteiger charge is 2.30. The van der Waals surface area contributed by atoms with Crippen molar-refractivity contribution in [1.29, 1.82) is 0 Å². The van der Waals surface area contributed by atoms with Crippen LogP contribution in [0.3, 0.4) is 0 Å². The molecule has 2 atom stereocenters. The fraction of sp³-hybridized carbons (Fsp3) is 0.345. The summed E-state index contributed by atoms with van der Waals surface area (Å²) in [6.07, 6.45) is -1.77. The topological polar surface area (TPSA) is 118 Å². The van der Waals surface area contributed by atoms with Crippen molar-refractivity contribution in [2.24, 2.45) is 5.92 Å². The summed E-state index contributed by atoms with van der Waals surface area (Å²) in [4.78, 5) is 13.6. The average Bonchev–Trinajstić information content (AvgIpc) is 2.94. The van der Waals surface area contributed by atoms with Crippen LogP contribution in [0.4, 0.5) is 24.8 Å². The second kappa shape index (κ2) is 12.1. The number of aromatic nitrogens is 3. The largest absolute Gasteiger partial charge is 0.437 e. The molecule has 5 rings (SSSR count). The summed E-state index contributed by atoms with van der Waals surface area (Å²) in [6, 6.07) is 13.9. The number of anilines is 2. The number of halogens is 3. The van der Waals surface area contributed by atoms with Crippen molar-refractivity contribution in [3.8, 4) is 22.9 Å². The summed E-state index contributed by atoms with van der Waals surface area (Å²) in [5.74, 6) is 0.663. The molecule has 0 unspecified atom stereocenters. The molecule has 1 fully saturated rings. The van der Waals surface area contributed by atoms with Gasteiger partial charge in [0, 0.05) is 35.8 Å². The fourth-order valence-corrected chi connectivity index (χ4v) is 6.04. The number of nitrogens with zero attached hydrogens (tertiary/aromatic N) is 3. The number of benzene rings is 2. The second-order valence-electron chi connectivity index (χ2n) is 10.5. The number of aryl methyl sites for hydroxylation is 1. The summed E-state index contributed by atoms with van der Waals surface area (Å²) in [7, 11) is -4.25. The molecule has 1 aliphatic heterocycles. The number of hydrogen-bond acceptors (Lipinski definition) is 8. The normalized spacial score (nSPS) is 17.6. The first kappa shape index (κ1) is 29.5. The maximum absolute atomic E-state index is 12.7. The number of hydrogen-bond donors (Lipinski definition) is 3. The second-order valence-corrected chi connectivity index (χ2v) is 12.3. The van der Waals surface area contributed by atoms with E-state index in [2.05, 4.69) is 32.2 Å². The van der Waals surface area contributed by atoms with Gasteiger partial charge in [-0.2, -0.15) is 13.2 Å². The highest BCUT2D eigenvalue weighted by Crippen LogP contribution is 2.39. The molecule has 42 heavy (non-hydrogen) atoms. The Labute approximate surface area is 242 Å². The quantitative estimate of drug-likeness (QED) is 0.218. The predicted octanol–water partition coefficient (Wildman–Crippen LogP) is 5.90. The third-order valence-electron chi connectivity index (χ3n) is 6.93. The van der Waals surface area contributed by atoms with E-state index in [-0.39, 0.29) is 17.6 Å². The van der Waals surface area contributed by atoms with Gasteiger partial charge in [-0.25, -0.2) is 23.4 Å². The van der Waals surface area contributed by atoms with E-state index >= 15 is 0 Å². The average molecular weight is 601 g/mol. The molecule has 3 N–H and O–H groups in total. The van der Waals surface area contributed by atoms with Crippen LogP contribution in [0, 0.1) is 12.8 Å². The Morgan fingerprint density at radius 2 is 1.86 bits per heavy atom. The lowest BCUT2D eigenvalue weighted by Crippen LogP contribution is -2.42. The van der Waals surface area contributed by atoms with Gasteiger partial charge in [0.05, 0.1) is 29.1 Å². The third-order valence-corrected chi connectivity index (χ3v) is 8.21. The van der Waals surface area contributed by atoms with E-state index in [4.69, 9.17) is 9.72 Å². The summed E-state index contributed by atoms with van der Waals surface area (Å²) in [5.41, 5.74) is 2.13. The Bertz CT molecular complexity index is 1680. The smallest absolute Gasteiger partial charge is 0.390 e. The first-order valence-corrected chi connectivity index (χ1v) is 15.2. The van der Waals surface area contributed by atoms with E-state index in [1.54, 1.807) is 48.8 Å². The molecule has 4 aromatic rings. The zero-order valence-electron chi connectivity index (χ0n) is 23.1. The van der Waals surface area contributed by atoms with E-state index in [0.29, 0.717) is 39.6 Å². The van der Waals surface area contributed by atoms with Gasteiger partial charge in [-0.15, -0.1) is 0 Å². The highest BCUT2D eigenvalue weighted by molar-refractivity contribution is 7.92. The van der Waals surface area contributed by atoms with Gasteiger partial charge in [0.15, 0.2) is 0 Å². The molecule has 2 aromatic carbocycles. The molecule has 0 saturated carbocycles. The molecule has 1 saturated heterocycles. The van der Waals surface area contributed by atoms with E-state index < -0.39 is 28.4 Å². The van der Waals surface area contributed by atoms with Crippen molar-refractivity contribution in [2.75, 3.05) is 28.9 Å². The zero-order valence-corrected chi connectivity index (χ0v) is 23.9. The van der Waals surface area contributed by atoms with E-state index in [1.807, 2.05) is 13.0 Å². The van der Waals surface area contributed by atoms with E-state index in [1.165, 1.54) is 6.07 Å². The summed E-state index contributed by atoms with van der Waals surface area (Å²) in [6.45, 7) is 5.83. The van der Waals surface area contributed by atoms with Gasteiger partial charge in [-0.05, 0) is 55.6 Å². The molecule has 9 nitrogen and oxygen atoms in total. The minimum absolute atomic E-state index is 0.152. The van der Waals surface area contributed by atoms with Crippen molar-refractivity contribution in [3.63, 3.8) is 0 Å². The van der Waals surface area contributed by atoms with Crippen molar-refractivity contribution < 1.29 is 26.3 Å². The van der Waals surface area contributed by atoms with E-state index in [9.17, 15) is 21.6 Å². The molecule has 0 amide bonds. The van der Waals surface area contributed by atoms with Gasteiger partial charge >= 0.3 is 6.18 Å². The number of rotatable bonds is 9. The fourth-order valence-electron chi connectivity index (χ4n) is 4.92. The lowest BCUT2D eigenvalue weighted by atomic mass is 9.98. The van der Waals surface area contributed by atoms with Gasteiger partial charge < -0.3 is 15.4 Å². The number of piperidine rings is 1. The molecule has 2 aromatic heterocycles. The molecule has 3 heterocycles. The third kappa shape index (κ3) is 7.26. The van der Waals surface area contributed by atoms with Crippen LogP contribution in [0.15, 0.2) is 60.9 Å².